The highest BCUT2D eigenvalue weighted by molar-refractivity contribution is 8.03. The highest BCUT2D eigenvalue weighted by Crippen LogP contribution is 2.42. The van der Waals surface area contributed by atoms with Crippen LogP contribution in [0.15, 0.2) is 70.5 Å². The molecule has 2 aromatic carbocycles. The minimum Gasteiger partial charge on any atom is -0.395 e. The number of rotatable bonds is 8. The number of carbonyl (C=O) groups excluding carboxylic acids is 2. The lowest BCUT2D eigenvalue weighted by Crippen LogP contribution is -2.31. The van der Waals surface area contributed by atoms with Crippen molar-refractivity contribution in [3.63, 3.8) is 0 Å². The zero-order chi connectivity index (χ0) is 22.7. The van der Waals surface area contributed by atoms with Crippen molar-refractivity contribution in [2.75, 3.05) is 26.3 Å². The van der Waals surface area contributed by atoms with E-state index in [0.717, 1.165) is 16.2 Å². The van der Waals surface area contributed by atoms with Gasteiger partial charge < -0.3 is 10.2 Å². The summed E-state index contributed by atoms with van der Waals surface area (Å²) in [5.74, 6) is -0.217. The predicted octanol–water partition coefficient (Wildman–Crippen LogP) is 4.09. The molecule has 2 aliphatic rings. The Bertz CT molecular complexity index is 1100. The summed E-state index contributed by atoms with van der Waals surface area (Å²) < 4.78 is 1.79. The zero-order valence-electron chi connectivity index (χ0n) is 17.8. The fraction of sp³-hybridized carbons (Fsp3) is 0.280. The van der Waals surface area contributed by atoms with E-state index in [9.17, 15) is 19.8 Å². The van der Waals surface area contributed by atoms with Crippen LogP contribution in [0.25, 0.3) is 0 Å². The van der Waals surface area contributed by atoms with Crippen LogP contribution in [0.2, 0.25) is 0 Å². The fourth-order valence-electron chi connectivity index (χ4n) is 3.89. The average molecular weight is 468 g/mol. The number of carbonyl (C=O) groups is 2. The summed E-state index contributed by atoms with van der Waals surface area (Å²) in [7, 11) is 0. The van der Waals surface area contributed by atoms with E-state index in [1.807, 2.05) is 22.5 Å². The Balaban J connectivity index is 1.54. The molecule has 2 aliphatic carbocycles. The number of allylic oxidation sites excluding steroid dienone is 2. The third kappa shape index (κ3) is 4.63. The summed E-state index contributed by atoms with van der Waals surface area (Å²) in [4.78, 5) is 28.0. The van der Waals surface area contributed by atoms with Gasteiger partial charge in [-0.1, -0.05) is 78.3 Å². The minimum atomic E-state index is -0.185. The van der Waals surface area contributed by atoms with Crippen LogP contribution in [0.1, 0.15) is 45.2 Å². The molecular weight excluding hydrogens is 442 g/mol. The molecule has 5 nitrogen and oxygen atoms in total. The summed E-state index contributed by atoms with van der Waals surface area (Å²) in [6.07, 6.45) is 7.07. The van der Waals surface area contributed by atoms with Crippen LogP contribution in [-0.4, -0.2) is 57.1 Å². The molecule has 0 saturated heterocycles. The molecule has 2 aromatic rings. The van der Waals surface area contributed by atoms with Gasteiger partial charge in [0.25, 0.3) is 0 Å². The topological polar surface area (TPSA) is 77.8 Å². The Morgan fingerprint density at radius 2 is 1.59 bits per heavy atom. The van der Waals surface area contributed by atoms with Gasteiger partial charge in [0.05, 0.1) is 13.2 Å². The molecule has 0 amide bonds. The van der Waals surface area contributed by atoms with Gasteiger partial charge in [0.1, 0.15) is 0 Å². The average Bonchev–Trinajstić information content (AvgIpc) is 2.79. The molecule has 1 unspecified atom stereocenters. The molecule has 1 atom stereocenters. The van der Waals surface area contributed by atoms with E-state index in [1.165, 1.54) is 11.8 Å². The molecule has 4 rings (SSSR count). The zero-order valence-corrected chi connectivity index (χ0v) is 19.4. The fourth-order valence-corrected chi connectivity index (χ4v) is 6.12. The van der Waals surface area contributed by atoms with Crippen molar-refractivity contribution < 1.29 is 19.8 Å². The molecule has 0 aliphatic heterocycles. The van der Waals surface area contributed by atoms with E-state index in [2.05, 4.69) is 19.1 Å². The van der Waals surface area contributed by atoms with Crippen LogP contribution in [0.3, 0.4) is 0 Å². The van der Waals surface area contributed by atoms with Crippen LogP contribution in [-0.2, 0) is 0 Å². The molecule has 7 heteroatoms. The largest absolute Gasteiger partial charge is 0.395 e. The normalized spacial score (nSPS) is 19.7. The van der Waals surface area contributed by atoms with Gasteiger partial charge >= 0.3 is 0 Å². The summed E-state index contributed by atoms with van der Waals surface area (Å²) in [5, 5.41) is 18.5. The van der Waals surface area contributed by atoms with E-state index in [-0.39, 0.29) is 29.5 Å². The van der Waals surface area contributed by atoms with E-state index < -0.39 is 0 Å². The molecule has 0 heterocycles. The smallest absolute Gasteiger partial charge is 0.195 e. The Kier molecular flexibility index (Phi) is 7.02. The number of aliphatic hydroxyl groups is 2. The minimum absolute atomic E-state index is 0.0404. The number of ketones is 2. The third-order valence-electron chi connectivity index (χ3n) is 5.49. The summed E-state index contributed by atoms with van der Waals surface area (Å²) in [5.41, 5.74) is 1.87. The molecule has 2 N–H and O–H groups in total. The Labute approximate surface area is 196 Å². The lowest BCUT2D eigenvalue weighted by molar-refractivity contribution is 0.0977. The molecule has 0 aromatic heterocycles. The number of benzene rings is 2. The second-order valence-corrected chi connectivity index (χ2v) is 10.7. The lowest BCUT2D eigenvalue weighted by Gasteiger charge is -2.33. The first kappa shape index (κ1) is 23.0. The highest BCUT2D eigenvalue weighted by atomic mass is 32.2. The van der Waals surface area contributed by atoms with Gasteiger partial charge in [-0.25, -0.2) is 4.31 Å². The first-order valence-corrected chi connectivity index (χ1v) is 12.1. The van der Waals surface area contributed by atoms with E-state index in [1.54, 1.807) is 42.3 Å². The van der Waals surface area contributed by atoms with Gasteiger partial charge in [0.2, 0.25) is 0 Å². The number of aliphatic hydroxyl groups excluding tert-OH is 2. The van der Waals surface area contributed by atoms with Crippen molar-refractivity contribution in [2.45, 2.75) is 23.0 Å². The monoisotopic (exact) mass is 467 g/mol. The van der Waals surface area contributed by atoms with Crippen molar-refractivity contribution in [2.24, 2.45) is 0 Å². The second-order valence-electron chi connectivity index (χ2n) is 7.91. The SMILES string of the molecule is CC1(SN(CCO)CCO)C=CC(Sc2cccc3c2C(=O)c2ccccc2C3=O)=CC1. The van der Waals surface area contributed by atoms with Gasteiger partial charge in [0, 0.05) is 49.9 Å². The molecule has 0 bridgehead atoms. The lowest BCUT2D eigenvalue weighted by atomic mass is 9.84. The first-order valence-electron chi connectivity index (χ1n) is 10.5. The van der Waals surface area contributed by atoms with E-state index in [0.29, 0.717) is 35.3 Å². The van der Waals surface area contributed by atoms with Gasteiger partial charge in [0.15, 0.2) is 11.6 Å². The summed E-state index contributed by atoms with van der Waals surface area (Å²) in [6, 6.07) is 12.4. The summed E-state index contributed by atoms with van der Waals surface area (Å²) in [6.45, 7) is 3.19. The Hall–Kier alpha value is -2.16. The van der Waals surface area contributed by atoms with Crippen molar-refractivity contribution in [1.29, 1.82) is 0 Å². The second kappa shape index (κ2) is 9.77. The van der Waals surface area contributed by atoms with Crippen molar-refractivity contribution in [3.05, 3.63) is 87.9 Å². The third-order valence-corrected chi connectivity index (χ3v) is 7.93. The van der Waals surface area contributed by atoms with Crippen LogP contribution >= 0.6 is 23.7 Å². The van der Waals surface area contributed by atoms with Crippen LogP contribution in [0, 0.1) is 0 Å². The number of thioether (sulfide) groups is 1. The predicted molar refractivity (Wildman–Crippen MR) is 129 cm³/mol. The van der Waals surface area contributed by atoms with Gasteiger partial charge in [-0.15, -0.1) is 0 Å². The molecule has 0 spiro atoms. The standard InChI is InChI=1S/C25H25NO4S2/c1-25(32-26(13-15-27)14-16-28)11-9-17(10-12-25)31-21-8-4-7-20-22(21)24(30)19-6-3-2-5-18(19)23(20)29/h2-11,27-28H,12-16H2,1H3. The molecule has 166 valence electrons. The van der Waals surface area contributed by atoms with Gasteiger partial charge in [-0.3, -0.25) is 9.59 Å². The maximum absolute atomic E-state index is 13.2. The van der Waals surface area contributed by atoms with Crippen molar-refractivity contribution >= 4 is 35.3 Å². The van der Waals surface area contributed by atoms with Crippen molar-refractivity contribution in [1.82, 2.24) is 4.31 Å². The molecule has 32 heavy (non-hydrogen) atoms. The Morgan fingerprint density at radius 1 is 0.938 bits per heavy atom. The Morgan fingerprint density at radius 3 is 2.22 bits per heavy atom. The summed E-state index contributed by atoms with van der Waals surface area (Å²) >= 11 is 3.11. The maximum Gasteiger partial charge on any atom is 0.195 e. The number of nitrogens with zero attached hydrogens (tertiary/aromatic N) is 1. The van der Waals surface area contributed by atoms with Crippen molar-refractivity contribution in [3.8, 4) is 0 Å². The van der Waals surface area contributed by atoms with E-state index >= 15 is 0 Å². The number of hydrogen-bond acceptors (Lipinski definition) is 7. The molecular formula is C25H25NO4S2. The van der Waals surface area contributed by atoms with Crippen LogP contribution in [0.4, 0.5) is 0 Å². The number of fused-ring (bicyclic) bond motifs is 2. The van der Waals surface area contributed by atoms with Crippen LogP contribution in [0.5, 0.6) is 0 Å². The first-order chi connectivity index (χ1) is 15.5. The van der Waals surface area contributed by atoms with Gasteiger partial charge in [-0.05, 0) is 19.4 Å². The quantitative estimate of drug-likeness (QED) is 0.483. The van der Waals surface area contributed by atoms with Crippen LogP contribution < -0.4 is 0 Å². The number of hydrogen-bond donors (Lipinski definition) is 2. The molecule has 0 radical (unpaired) electrons. The van der Waals surface area contributed by atoms with E-state index in [4.69, 9.17) is 0 Å². The molecule has 0 fully saturated rings. The molecule has 0 saturated carbocycles. The highest BCUT2D eigenvalue weighted by Gasteiger charge is 2.32. The van der Waals surface area contributed by atoms with Gasteiger partial charge in [-0.2, -0.15) is 0 Å². The maximum atomic E-state index is 13.2.